The Kier molecular flexibility index (Phi) is 3.92. The zero-order valence-electron chi connectivity index (χ0n) is 14.3. The van der Waals surface area contributed by atoms with Crippen molar-refractivity contribution in [3.8, 4) is 6.07 Å². The molecule has 2 fully saturated rings. The third-order valence-electron chi connectivity index (χ3n) is 5.28. The van der Waals surface area contributed by atoms with Gasteiger partial charge in [-0.2, -0.15) is 5.26 Å². The molecule has 3 heterocycles. The molecule has 2 aliphatic heterocycles. The van der Waals surface area contributed by atoms with Crippen molar-refractivity contribution in [3.63, 3.8) is 0 Å². The van der Waals surface area contributed by atoms with Crippen LogP contribution >= 0.6 is 0 Å². The summed E-state index contributed by atoms with van der Waals surface area (Å²) in [6, 6.07) is 12.6. The number of nitrogens with zero attached hydrogens (tertiary/aromatic N) is 4. The van der Waals surface area contributed by atoms with Crippen molar-refractivity contribution in [2.24, 2.45) is 5.41 Å². The van der Waals surface area contributed by atoms with Crippen LogP contribution in [-0.2, 0) is 4.79 Å². The van der Waals surface area contributed by atoms with Crippen molar-refractivity contribution in [2.45, 2.75) is 12.8 Å². The van der Waals surface area contributed by atoms with Crippen LogP contribution in [0.25, 0.3) is 0 Å². The minimum absolute atomic E-state index is 0.00597. The predicted octanol–water partition coefficient (Wildman–Crippen LogP) is 2.22. The summed E-state index contributed by atoms with van der Waals surface area (Å²) in [5, 5.41) is 8.92. The first-order chi connectivity index (χ1) is 12.6. The topological polar surface area (TPSA) is 77.3 Å². The van der Waals surface area contributed by atoms with Crippen molar-refractivity contribution in [1.29, 1.82) is 5.26 Å². The van der Waals surface area contributed by atoms with Crippen LogP contribution in [0.15, 0.2) is 48.8 Å². The zero-order valence-corrected chi connectivity index (χ0v) is 14.3. The van der Waals surface area contributed by atoms with Gasteiger partial charge in [-0.1, -0.05) is 0 Å². The van der Waals surface area contributed by atoms with Gasteiger partial charge in [0.05, 0.1) is 11.6 Å². The van der Waals surface area contributed by atoms with Crippen LogP contribution in [-0.4, -0.2) is 41.3 Å². The lowest BCUT2D eigenvalue weighted by atomic mass is 9.86. The highest BCUT2D eigenvalue weighted by molar-refractivity contribution is 5.97. The second-order valence-electron chi connectivity index (χ2n) is 7.03. The summed E-state index contributed by atoms with van der Waals surface area (Å²) in [5.41, 5.74) is 1.83. The number of amides is 2. The predicted molar refractivity (Wildman–Crippen MR) is 95.3 cm³/mol. The SMILES string of the molecule is N#Cc1ccc(N2C[C@]3(CCN(C(=O)c4ccncc4)C3)CC2=O)cc1. The molecule has 1 aromatic carbocycles. The molecule has 0 radical (unpaired) electrons. The lowest BCUT2D eigenvalue weighted by Crippen LogP contribution is -2.34. The summed E-state index contributed by atoms with van der Waals surface area (Å²) in [6.07, 6.45) is 4.51. The van der Waals surface area contributed by atoms with Crippen LogP contribution in [0.1, 0.15) is 28.8 Å². The number of carbonyl (C=O) groups is 2. The molecule has 130 valence electrons. The molecule has 6 heteroatoms. The van der Waals surface area contributed by atoms with Crippen LogP contribution in [0.4, 0.5) is 5.69 Å². The van der Waals surface area contributed by atoms with Crippen molar-refractivity contribution in [3.05, 3.63) is 59.9 Å². The Labute approximate surface area is 151 Å². The van der Waals surface area contributed by atoms with Gasteiger partial charge >= 0.3 is 0 Å². The summed E-state index contributed by atoms with van der Waals surface area (Å²) >= 11 is 0. The quantitative estimate of drug-likeness (QED) is 0.835. The average molecular weight is 346 g/mol. The van der Waals surface area contributed by atoms with Crippen LogP contribution in [0.3, 0.4) is 0 Å². The van der Waals surface area contributed by atoms with Gasteiger partial charge in [0.25, 0.3) is 5.91 Å². The largest absolute Gasteiger partial charge is 0.338 e. The van der Waals surface area contributed by atoms with Gasteiger partial charge in [-0.25, -0.2) is 0 Å². The first-order valence-corrected chi connectivity index (χ1v) is 8.60. The van der Waals surface area contributed by atoms with E-state index in [9.17, 15) is 9.59 Å². The smallest absolute Gasteiger partial charge is 0.253 e. The van der Waals surface area contributed by atoms with E-state index in [4.69, 9.17) is 5.26 Å². The van der Waals surface area contributed by atoms with Gasteiger partial charge in [-0.15, -0.1) is 0 Å². The summed E-state index contributed by atoms with van der Waals surface area (Å²) in [4.78, 5) is 32.8. The molecule has 2 aliphatic rings. The molecule has 0 N–H and O–H groups in total. The molecule has 26 heavy (non-hydrogen) atoms. The number of carbonyl (C=O) groups excluding carboxylic acids is 2. The molecular formula is C20H18N4O2. The molecule has 1 atom stereocenters. The fourth-order valence-corrected chi connectivity index (χ4v) is 3.91. The van der Waals surface area contributed by atoms with Crippen molar-refractivity contribution in [1.82, 2.24) is 9.88 Å². The van der Waals surface area contributed by atoms with Crippen molar-refractivity contribution < 1.29 is 9.59 Å². The first kappa shape index (κ1) is 16.3. The van der Waals surface area contributed by atoms with E-state index in [0.717, 1.165) is 12.1 Å². The minimum Gasteiger partial charge on any atom is -0.338 e. The average Bonchev–Trinajstić information content (AvgIpc) is 3.25. The normalized spacial score (nSPS) is 22.0. The van der Waals surface area contributed by atoms with Crippen LogP contribution in [0.5, 0.6) is 0 Å². The number of hydrogen-bond acceptors (Lipinski definition) is 4. The Hall–Kier alpha value is -3.20. The van der Waals surface area contributed by atoms with E-state index in [1.54, 1.807) is 41.6 Å². The van der Waals surface area contributed by atoms with E-state index in [0.29, 0.717) is 37.2 Å². The Morgan fingerprint density at radius 1 is 1.12 bits per heavy atom. The second-order valence-corrected chi connectivity index (χ2v) is 7.03. The number of rotatable bonds is 2. The first-order valence-electron chi connectivity index (χ1n) is 8.60. The second kappa shape index (κ2) is 6.26. The fraction of sp³-hybridized carbons (Fsp3) is 0.300. The number of nitriles is 1. The maximum Gasteiger partial charge on any atom is 0.253 e. The standard InChI is InChI=1S/C20H18N4O2/c21-12-15-1-3-17(4-2-15)24-14-20(11-18(24)25)7-10-23(13-20)19(26)16-5-8-22-9-6-16/h1-6,8-9H,7,10-11,13-14H2/t20-/m1/s1. The molecule has 0 unspecified atom stereocenters. The molecule has 0 bridgehead atoms. The monoisotopic (exact) mass is 346 g/mol. The summed E-state index contributed by atoms with van der Waals surface area (Å²) in [5.74, 6) is 0.0708. The molecule has 2 aromatic rings. The van der Waals surface area contributed by atoms with E-state index in [-0.39, 0.29) is 17.2 Å². The van der Waals surface area contributed by atoms with Gasteiger partial charge in [0.15, 0.2) is 0 Å². The van der Waals surface area contributed by atoms with Gasteiger partial charge in [-0.05, 0) is 42.8 Å². The van der Waals surface area contributed by atoms with E-state index in [2.05, 4.69) is 11.1 Å². The van der Waals surface area contributed by atoms with Crippen LogP contribution in [0, 0.1) is 16.7 Å². The van der Waals surface area contributed by atoms with Gasteiger partial charge in [-0.3, -0.25) is 14.6 Å². The van der Waals surface area contributed by atoms with Crippen LogP contribution < -0.4 is 4.90 Å². The number of pyridine rings is 1. The number of hydrogen-bond donors (Lipinski definition) is 0. The maximum atomic E-state index is 12.7. The van der Waals surface area contributed by atoms with Crippen molar-refractivity contribution >= 4 is 17.5 Å². The molecule has 2 amide bonds. The molecule has 0 aliphatic carbocycles. The van der Waals surface area contributed by atoms with E-state index < -0.39 is 0 Å². The lowest BCUT2D eigenvalue weighted by Gasteiger charge is -2.24. The summed E-state index contributed by atoms with van der Waals surface area (Å²) < 4.78 is 0. The Bertz CT molecular complexity index is 888. The van der Waals surface area contributed by atoms with E-state index >= 15 is 0 Å². The number of benzene rings is 1. The number of likely N-dealkylation sites (tertiary alicyclic amines) is 1. The molecule has 2 saturated heterocycles. The highest BCUT2D eigenvalue weighted by Gasteiger charge is 2.48. The zero-order chi connectivity index (χ0) is 18.1. The molecule has 1 spiro atoms. The third-order valence-corrected chi connectivity index (χ3v) is 5.28. The molecule has 4 rings (SSSR count). The number of anilines is 1. The maximum absolute atomic E-state index is 12.7. The minimum atomic E-state index is -0.187. The van der Waals surface area contributed by atoms with E-state index in [1.165, 1.54) is 0 Å². The molecule has 0 saturated carbocycles. The van der Waals surface area contributed by atoms with Gasteiger partial charge in [0.1, 0.15) is 0 Å². The lowest BCUT2D eigenvalue weighted by molar-refractivity contribution is -0.117. The van der Waals surface area contributed by atoms with Crippen molar-refractivity contribution in [2.75, 3.05) is 24.5 Å². The van der Waals surface area contributed by atoms with Gasteiger partial charge in [0, 0.05) is 55.1 Å². The van der Waals surface area contributed by atoms with Gasteiger partial charge < -0.3 is 9.80 Å². The highest BCUT2D eigenvalue weighted by Crippen LogP contribution is 2.42. The molecule has 6 nitrogen and oxygen atoms in total. The fourth-order valence-electron chi connectivity index (χ4n) is 3.91. The van der Waals surface area contributed by atoms with Gasteiger partial charge in [0.2, 0.25) is 5.91 Å². The summed E-state index contributed by atoms with van der Waals surface area (Å²) in [6.45, 7) is 1.86. The van der Waals surface area contributed by atoms with E-state index in [1.807, 2.05) is 17.0 Å². The highest BCUT2D eigenvalue weighted by atomic mass is 16.2. The Balaban J connectivity index is 1.49. The molecular weight excluding hydrogens is 328 g/mol. The van der Waals surface area contributed by atoms with Crippen LogP contribution in [0.2, 0.25) is 0 Å². The Morgan fingerprint density at radius 2 is 1.85 bits per heavy atom. The number of aromatic nitrogens is 1. The summed E-state index contributed by atoms with van der Waals surface area (Å²) in [7, 11) is 0. The Morgan fingerprint density at radius 3 is 2.54 bits per heavy atom. The molecule has 1 aromatic heterocycles. The third kappa shape index (κ3) is 2.82.